The standard InChI is InChI=1S/C13H22N6/c1-11-12(10-14)13(18(3)16-11)15-4-5-19-8-6-17(2)7-9-19/h15H,4-9H2,1-3H3. The molecule has 1 aromatic rings. The van der Waals surface area contributed by atoms with Crippen LogP contribution in [0.3, 0.4) is 0 Å². The molecule has 0 atom stereocenters. The molecule has 1 N–H and O–H groups in total. The van der Waals surface area contributed by atoms with Crippen LogP contribution in [0.25, 0.3) is 0 Å². The summed E-state index contributed by atoms with van der Waals surface area (Å²) in [6.07, 6.45) is 0. The number of nitrogens with one attached hydrogen (secondary N) is 1. The van der Waals surface area contributed by atoms with Crippen LogP contribution in [0.2, 0.25) is 0 Å². The molecule has 2 rings (SSSR count). The number of aryl methyl sites for hydroxylation is 2. The Labute approximate surface area is 114 Å². The van der Waals surface area contributed by atoms with Gasteiger partial charge in [-0.1, -0.05) is 0 Å². The summed E-state index contributed by atoms with van der Waals surface area (Å²) in [5, 5.41) is 16.7. The topological polar surface area (TPSA) is 60.1 Å². The van der Waals surface area contributed by atoms with Crippen LogP contribution >= 0.6 is 0 Å². The number of hydrogen-bond donors (Lipinski definition) is 1. The van der Waals surface area contributed by atoms with E-state index in [2.05, 4.69) is 33.3 Å². The molecule has 1 aromatic heterocycles. The first-order chi connectivity index (χ1) is 9.11. The van der Waals surface area contributed by atoms with Crippen LogP contribution in [0, 0.1) is 18.3 Å². The van der Waals surface area contributed by atoms with Gasteiger partial charge in [-0.3, -0.25) is 9.58 Å². The molecule has 1 aliphatic heterocycles. The van der Waals surface area contributed by atoms with Crippen LogP contribution in [0.4, 0.5) is 5.82 Å². The van der Waals surface area contributed by atoms with Crippen LogP contribution in [-0.4, -0.2) is 65.9 Å². The highest BCUT2D eigenvalue weighted by atomic mass is 15.3. The molecule has 6 heteroatoms. The molecule has 0 spiro atoms. The van der Waals surface area contributed by atoms with Gasteiger partial charge in [-0.15, -0.1) is 0 Å². The fourth-order valence-corrected chi connectivity index (χ4v) is 2.40. The zero-order valence-corrected chi connectivity index (χ0v) is 12.0. The van der Waals surface area contributed by atoms with Gasteiger partial charge in [0.2, 0.25) is 0 Å². The number of nitrogens with zero attached hydrogens (tertiary/aromatic N) is 5. The van der Waals surface area contributed by atoms with Gasteiger partial charge in [0.25, 0.3) is 0 Å². The number of piperazine rings is 1. The Kier molecular flexibility index (Phi) is 4.40. The summed E-state index contributed by atoms with van der Waals surface area (Å²) in [5.74, 6) is 0.828. The molecule has 2 heterocycles. The van der Waals surface area contributed by atoms with Crippen LogP contribution < -0.4 is 5.32 Å². The molecule has 1 aliphatic rings. The normalized spacial score (nSPS) is 17.4. The van der Waals surface area contributed by atoms with Crippen molar-refractivity contribution in [1.82, 2.24) is 19.6 Å². The van der Waals surface area contributed by atoms with Crippen molar-refractivity contribution >= 4 is 5.82 Å². The number of hydrogen-bond acceptors (Lipinski definition) is 5. The molecular weight excluding hydrogens is 240 g/mol. The number of anilines is 1. The van der Waals surface area contributed by atoms with Gasteiger partial charge in [-0.05, 0) is 14.0 Å². The van der Waals surface area contributed by atoms with E-state index in [4.69, 9.17) is 5.26 Å². The largest absolute Gasteiger partial charge is 0.368 e. The average Bonchev–Trinajstić information content (AvgIpc) is 2.66. The second-order valence-electron chi connectivity index (χ2n) is 5.12. The zero-order chi connectivity index (χ0) is 13.8. The van der Waals surface area contributed by atoms with Crippen molar-refractivity contribution < 1.29 is 0 Å². The average molecular weight is 262 g/mol. The smallest absolute Gasteiger partial charge is 0.142 e. The van der Waals surface area contributed by atoms with Gasteiger partial charge in [0.1, 0.15) is 17.5 Å². The van der Waals surface area contributed by atoms with Crippen molar-refractivity contribution in [3.63, 3.8) is 0 Å². The van der Waals surface area contributed by atoms with Crippen LogP contribution in [0.15, 0.2) is 0 Å². The summed E-state index contributed by atoms with van der Waals surface area (Å²) in [7, 11) is 4.03. The summed E-state index contributed by atoms with van der Waals surface area (Å²) in [6.45, 7) is 8.22. The monoisotopic (exact) mass is 262 g/mol. The third kappa shape index (κ3) is 3.25. The molecule has 6 nitrogen and oxygen atoms in total. The first-order valence-corrected chi connectivity index (χ1v) is 6.70. The fourth-order valence-electron chi connectivity index (χ4n) is 2.40. The van der Waals surface area contributed by atoms with Crippen molar-refractivity contribution in [2.24, 2.45) is 7.05 Å². The maximum Gasteiger partial charge on any atom is 0.142 e. The number of rotatable bonds is 4. The Morgan fingerprint density at radius 2 is 1.95 bits per heavy atom. The summed E-state index contributed by atoms with van der Waals surface area (Å²) >= 11 is 0. The van der Waals surface area contributed by atoms with E-state index in [1.54, 1.807) is 4.68 Å². The zero-order valence-electron chi connectivity index (χ0n) is 12.0. The molecule has 0 unspecified atom stereocenters. The van der Waals surface area contributed by atoms with E-state index in [1.807, 2.05) is 14.0 Å². The van der Waals surface area contributed by atoms with E-state index in [9.17, 15) is 0 Å². The van der Waals surface area contributed by atoms with Gasteiger partial charge in [-0.25, -0.2) is 0 Å². The first kappa shape index (κ1) is 13.8. The number of aromatic nitrogens is 2. The Balaban J connectivity index is 1.85. The van der Waals surface area contributed by atoms with Gasteiger partial charge in [0, 0.05) is 46.3 Å². The van der Waals surface area contributed by atoms with E-state index >= 15 is 0 Å². The fraction of sp³-hybridized carbons (Fsp3) is 0.692. The Morgan fingerprint density at radius 3 is 2.58 bits per heavy atom. The van der Waals surface area contributed by atoms with Gasteiger partial charge in [0.15, 0.2) is 0 Å². The van der Waals surface area contributed by atoms with E-state index in [1.165, 1.54) is 0 Å². The van der Waals surface area contributed by atoms with Gasteiger partial charge >= 0.3 is 0 Å². The van der Waals surface area contributed by atoms with Crippen molar-refractivity contribution in [3.8, 4) is 6.07 Å². The van der Waals surface area contributed by atoms with Crippen LogP contribution in [-0.2, 0) is 7.05 Å². The third-order valence-electron chi connectivity index (χ3n) is 3.65. The lowest BCUT2D eigenvalue weighted by atomic mass is 10.2. The summed E-state index contributed by atoms with van der Waals surface area (Å²) in [4.78, 5) is 4.80. The second kappa shape index (κ2) is 6.04. The van der Waals surface area contributed by atoms with Gasteiger partial charge in [0.05, 0.1) is 5.69 Å². The third-order valence-corrected chi connectivity index (χ3v) is 3.65. The maximum absolute atomic E-state index is 9.13. The molecular formula is C13H22N6. The summed E-state index contributed by atoms with van der Waals surface area (Å²) in [6, 6.07) is 2.21. The van der Waals surface area contributed by atoms with Gasteiger partial charge < -0.3 is 10.2 Å². The maximum atomic E-state index is 9.13. The Bertz CT molecular complexity index is 464. The highest BCUT2D eigenvalue weighted by Crippen LogP contribution is 2.16. The van der Waals surface area contributed by atoms with E-state index < -0.39 is 0 Å². The lowest BCUT2D eigenvalue weighted by Gasteiger charge is -2.32. The second-order valence-corrected chi connectivity index (χ2v) is 5.12. The van der Waals surface area contributed by atoms with Crippen molar-refractivity contribution in [1.29, 1.82) is 5.26 Å². The minimum Gasteiger partial charge on any atom is -0.368 e. The van der Waals surface area contributed by atoms with E-state index in [0.717, 1.165) is 50.8 Å². The van der Waals surface area contributed by atoms with Crippen LogP contribution in [0.1, 0.15) is 11.3 Å². The Morgan fingerprint density at radius 1 is 1.26 bits per heavy atom. The lowest BCUT2D eigenvalue weighted by Crippen LogP contribution is -2.45. The molecule has 1 saturated heterocycles. The molecule has 19 heavy (non-hydrogen) atoms. The predicted molar refractivity (Wildman–Crippen MR) is 75.1 cm³/mol. The Hall–Kier alpha value is -1.58. The molecule has 0 aromatic carbocycles. The van der Waals surface area contributed by atoms with Crippen molar-refractivity contribution in [2.75, 3.05) is 51.6 Å². The number of likely N-dealkylation sites (N-methyl/N-ethyl adjacent to an activating group) is 1. The SMILES string of the molecule is Cc1nn(C)c(NCCN2CCN(C)CC2)c1C#N. The molecule has 0 aliphatic carbocycles. The highest BCUT2D eigenvalue weighted by molar-refractivity contribution is 5.54. The van der Waals surface area contributed by atoms with E-state index in [-0.39, 0.29) is 0 Å². The summed E-state index contributed by atoms with van der Waals surface area (Å²) < 4.78 is 1.75. The van der Waals surface area contributed by atoms with Crippen molar-refractivity contribution in [3.05, 3.63) is 11.3 Å². The highest BCUT2D eigenvalue weighted by Gasteiger charge is 2.15. The molecule has 0 radical (unpaired) electrons. The van der Waals surface area contributed by atoms with Crippen molar-refractivity contribution in [2.45, 2.75) is 6.92 Å². The molecule has 1 fully saturated rings. The summed E-state index contributed by atoms with van der Waals surface area (Å²) in [5.41, 5.74) is 1.44. The molecule has 104 valence electrons. The molecule has 0 amide bonds. The minimum atomic E-state index is 0.654. The predicted octanol–water partition coefficient (Wildman–Crippen LogP) is 0.260. The van der Waals surface area contributed by atoms with E-state index in [0.29, 0.717) is 5.56 Å². The number of nitriles is 1. The first-order valence-electron chi connectivity index (χ1n) is 6.70. The molecule has 0 saturated carbocycles. The lowest BCUT2D eigenvalue weighted by molar-refractivity contribution is 0.158. The van der Waals surface area contributed by atoms with Crippen LogP contribution in [0.5, 0.6) is 0 Å². The van der Waals surface area contributed by atoms with Gasteiger partial charge in [-0.2, -0.15) is 10.4 Å². The quantitative estimate of drug-likeness (QED) is 0.843. The molecule has 0 bridgehead atoms. The minimum absolute atomic E-state index is 0.654.